The third kappa shape index (κ3) is 3.15. The van der Waals surface area contributed by atoms with Crippen LogP contribution in [-0.2, 0) is 6.54 Å². The maximum absolute atomic E-state index is 12.4. The lowest BCUT2D eigenvalue weighted by atomic mass is 10.1. The minimum absolute atomic E-state index is 0.259. The van der Waals surface area contributed by atoms with Crippen molar-refractivity contribution in [1.82, 2.24) is 19.5 Å². The van der Waals surface area contributed by atoms with Crippen molar-refractivity contribution >= 4 is 11.3 Å². The fourth-order valence-corrected chi connectivity index (χ4v) is 3.01. The van der Waals surface area contributed by atoms with Crippen molar-refractivity contribution in [3.05, 3.63) is 70.8 Å². The van der Waals surface area contributed by atoms with Crippen molar-refractivity contribution in [2.75, 3.05) is 14.2 Å². The molecule has 27 heavy (non-hydrogen) atoms. The molecule has 0 atom stereocenters. The second-order valence-electron chi connectivity index (χ2n) is 6.00. The molecule has 1 N–H and O–H groups in total. The van der Waals surface area contributed by atoms with Gasteiger partial charge in [-0.15, -0.1) is 0 Å². The fourth-order valence-electron chi connectivity index (χ4n) is 3.01. The first-order chi connectivity index (χ1) is 13.2. The molecule has 0 spiro atoms. The van der Waals surface area contributed by atoms with Crippen LogP contribution >= 0.6 is 0 Å². The van der Waals surface area contributed by atoms with E-state index >= 15 is 0 Å². The van der Waals surface area contributed by atoms with Crippen LogP contribution in [-0.4, -0.2) is 33.7 Å². The Labute approximate surface area is 155 Å². The topological polar surface area (TPSA) is 82.0 Å². The maximum atomic E-state index is 12.4. The number of aromatic amines is 1. The van der Waals surface area contributed by atoms with Crippen molar-refractivity contribution in [3.8, 4) is 22.8 Å². The van der Waals surface area contributed by atoms with Crippen LogP contribution in [0.1, 0.15) is 5.56 Å². The molecule has 0 bridgehead atoms. The van der Waals surface area contributed by atoms with E-state index in [4.69, 9.17) is 9.47 Å². The fraction of sp³-hybridized carbons (Fsp3) is 0.150. The van der Waals surface area contributed by atoms with E-state index in [1.165, 1.54) is 0 Å². The van der Waals surface area contributed by atoms with Crippen LogP contribution in [0.5, 0.6) is 11.5 Å². The van der Waals surface area contributed by atoms with Crippen LogP contribution < -0.4 is 15.2 Å². The summed E-state index contributed by atoms with van der Waals surface area (Å²) in [5, 5.41) is 0. The van der Waals surface area contributed by atoms with Gasteiger partial charge in [-0.05, 0) is 29.8 Å². The molecule has 136 valence electrons. The number of hydrogen-bond acceptors (Lipinski definition) is 5. The summed E-state index contributed by atoms with van der Waals surface area (Å²) in [5.74, 6) is 1.43. The van der Waals surface area contributed by atoms with E-state index in [9.17, 15) is 4.79 Å². The average molecular weight is 362 g/mol. The van der Waals surface area contributed by atoms with Gasteiger partial charge in [0, 0.05) is 5.56 Å². The second kappa shape index (κ2) is 6.95. The molecule has 4 rings (SSSR count). The Kier molecular flexibility index (Phi) is 4.33. The Morgan fingerprint density at radius 1 is 1.07 bits per heavy atom. The largest absolute Gasteiger partial charge is 0.497 e. The molecule has 0 aliphatic carbocycles. The molecule has 0 fully saturated rings. The molecule has 0 aliphatic heterocycles. The number of rotatable bonds is 5. The molecule has 0 radical (unpaired) electrons. The van der Waals surface area contributed by atoms with E-state index < -0.39 is 0 Å². The van der Waals surface area contributed by atoms with E-state index in [2.05, 4.69) is 15.0 Å². The highest BCUT2D eigenvalue weighted by atomic mass is 16.5. The van der Waals surface area contributed by atoms with Gasteiger partial charge < -0.3 is 9.47 Å². The van der Waals surface area contributed by atoms with Crippen LogP contribution in [0.2, 0.25) is 0 Å². The smallest absolute Gasteiger partial charge is 0.329 e. The van der Waals surface area contributed by atoms with Gasteiger partial charge in [0.1, 0.15) is 11.5 Å². The quantitative estimate of drug-likeness (QED) is 0.590. The lowest BCUT2D eigenvalue weighted by Crippen LogP contribution is -2.17. The number of nitrogens with zero attached hydrogens (tertiary/aromatic N) is 3. The number of nitrogens with one attached hydrogen (secondary N) is 1. The monoisotopic (exact) mass is 362 g/mol. The number of methoxy groups -OCH3 is 2. The van der Waals surface area contributed by atoms with Gasteiger partial charge in [-0.2, -0.15) is 0 Å². The number of imidazole rings is 1. The Morgan fingerprint density at radius 3 is 2.74 bits per heavy atom. The Balaban J connectivity index is 1.81. The Hall–Kier alpha value is -3.61. The van der Waals surface area contributed by atoms with Gasteiger partial charge in [0.15, 0.2) is 11.3 Å². The molecule has 0 aliphatic rings. The SMILES string of the molecule is COc1cccc(Cn2c(=O)[nH]c3ncc(-c4ccccc4OC)nc32)c1. The first-order valence-electron chi connectivity index (χ1n) is 8.41. The van der Waals surface area contributed by atoms with Crippen LogP contribution in [0.25, 0.3) is 22.6 Å². The second-order valence-corrected chi connectivity index (χ2v) is 6.00. The van der Waals surface area contributed by atoms with Crippen molar-refractivity contribution in [1.29, 1.82) is 0 Å². The zero-order valence-corrected chi connectivity index (χ0v) is 15.0. The molecule has 0 amide bonds. The predicted molar refractivity (Wildman–Crippen MR) is 102 cm³/mol. The summed E-state index contributed by atoms with van der Waals surface area (Å²) in [6.07, 6.45) is 1.63. The molecule has 0 saturated carbocycles. The molecular formula is C20H18N4O3. The molecule has 0 saturated heterocycles. The lowest BCUT2D eigenvalue weighted by molar-refractivity contribution is 0.414. The highest BCUT2D eigenvalue weighted by Crippen LogP contribution is 2.28. The molecule has 7 heteroatoms. The first-order valence-corrected chi connectivity index (χ1v) is 8.41. The van der Waals surface area contributed by atoms with Gasteiger partial charge in [-0.3, -0.25) is 9.55 Å². The summed E-state index contributed by atoms with van der Waals surface area (Å²) in [7, 11) is 3.22. The minimum Gasteiger partial charge on any atom is -0.497 e. The normalized spacial score (nSPS) is 10.9. The summed E-state index contributed by atoms with van der Waals surface area (Å²) in [4.78, 5) is 24.2. The minimum atomic E-state index is -0.259. The van der Waals surface area contributed by atoms with Gasteiger partial charge in [0.05, 0.1) is 32.7 Å². The number of aromatic nitrogens is 4. The number of para-hydroxylation sites is 1. The Morgan fingerprint density at radius 2 is 1.93 bits per heavy atom. The molecule has 2 aromatic carbocycles. The summed E-state index contributed by atoms with van der Waals surface area (Å²) in [6.45, 7) is 0.361. The van der Waals surface area contributed by atoms with E-state index in [0.717, 1.165) is 16.9 Å². The van der Waals surface area contributed by atoms with Crippen molar-refractivity contribution in [3.63, 3.8) is 0 Å². The molecule has 2 aromatic heterocycles. The summed E-state index contributed by atoms with van der Waals surface area (Å²) >= 11 is 0. The van der Waals surface area contributed by atoms with E-state index in [0.29, 0.717) is 29.3 Å². The molecule has 2 heterocycles. The van der Waals surface area contributed by atoms with Crippen LogP contribution in [0.15, 0.2) is 59.5 Å². The number of ether oxygens (including phenoxy) is 2. The zero-order valence-electron chi connectivity index (χ0n) is 15.0. The van der Waals surface area contributed by atoms with Gasteiger partial charge in [0.2, 0.25) is 0 Å². The third-order valence-corrected chi connectivity index (χ3v) is 4.34. The van der Waals surface area contributed by atoms with Crippen LogP contribution in [0.4, 0.5) is 0 Å². The predicted octanol–water partition coefficient (Wildman–Crippen LogP) is 2.85. The van der Waals surface area contributed by atoms with E-state index in [1.807, 2.05) is 48.5 Å². The van der Waals surface area contributed by atoms with E-state index in [-0.39, 0.29) is 5.69 Å². The maximum Gasteiger partial charge on any atom is 0.329 e. The van der Waals surface area contributed by atoms with Gasteiger partial charge in [-0.25, -0.2) is 14.8 Å². The number of hydrogen-bond donors (Lipinski definition) is 1. The number of fused-ring (bicyclic) bond motifs is 1. The van der Waals surface area contributed by atoms with Gasteiger partial charge >= 0.3 is 5.69 Å². The van der Waals surface area contributed by atoms with E-state index in [1.54, 1.807) is 25.0 Å². The van der Waals surface area contributed by atoms with Gasteiger partial charge in [-0.1, -0.05) is 24.3 Å². The standard InChI is InChI=1S/C20H18N4O3/c1-26-14-7-5-6-13(10-14)12-24-19-18(23-20(24)25)21-11-16(22-19)15-8-3-4-9-17(15)27-2/h3-11H,12H2,1-2H3,(H,21,23,25). The molecule has 7 nitrogen and oxygen atoms in total. The summed E-state index contributed by atoms with van der Waals surface area (Å²) < 4.78 is 12.2. The van der Waals surface area contributed by atoms with Gasteiger partial charge in [0.25, 0.3) is 0 Å². The summed E-state index contributed by atoms with van der Waals surface area (Å²) in [6, 6.07) is 15.1. The highest BCUT2D eigenvalue weighted by Gasteiger charge is 2.14. The number of H-pyrrole nitrogens is 1. The number of benzene rings is 2. The van der Waals surface area contributed by atoms with Crippen LogP contribution in [0, 0.1) is 0 Å². The first kappa shape index (κ1) is 16.8. The van der Waals surface area contributed by atoms with Crippen molar-refractivity contribution in [2.45, 2.75) is 6.54 Å². The summed E-state index contributed by atoms with van der Waals surface area (Å²) in [5.41, 5.74) is 3.06. The molecule has 4 aromatic rings. The van der Waals surface area contributed by atoms with Crippen LogP contribution in [0.3, 0.4) is 0 Å². The molecular weight excluding hydrogens is 344 g/mol. The average Bonchev–Trinajstić information content (AvgIpc) is 3.02. The van der Waals surface area contributed by atoms with Crippen molar-refractivity contribution in [2.24, 2.45) is 0 Å². The lowest BCUT2D eigenvalue weighted by Gasteiger charge is -2.08. The Bertz CT molecular complexity index is 1160. The zero-order chi connectivity index (χ0) is 18.8. The third-order valence-electron chi connectivity index (χ3n) is 4.34. The highest BCUT2D eigenvalue weighted by molar-refractivity contribution is 5.73. The molecule has 0 unspecified atom stereocenters. The van der Waals surface area contributed by atoms with Crippen molar-refractivity contribution < 1.29 is 9.47 Å².